The van der Waals surface area contributed by atoms with Crippen LogP contribution in [0.1, 0.15) is 11.3 Å². The highest BCUT2D eigenvalue weighted by Crippen LogP contribution is 2.17. The molecule has 0 atom stereocenters. The Balaban J connectivity index is 1.55. The lowest BCUT2D eigenvalue weighted by Gasteiger charge is -2.35. The van der Waals surface area contributed by atoms with E-state index in [4.69, 9.17) is 0 Å². The van der Waals surface area contributed by atoms with Gasteiger partial charge in [0.1, 0.15) is 5.82 Å². The minimum atomic E-state index is 0.848. The molecule has 0 bridgehead atoms. The Kier molecular flexibility index (Phi) is 4.99. The average molecular weight is 329 g/mol. The first-order valence-electron chi connectivity index (χ1n) is 8.50. The van der Waals surface area contributed by atoms with Gasteiger partial charge in [-0.25, -0.2) is 4.98 Å². The van der Waals surface area contributed by atoms with Crippen LogP contribution < -0.4 is 9.80 Å². The first kappa shape index (κ1) is 16.7. The van der Waals surface area contributed by atoms with Gasteiger partial charge in [-0.15, -0.1) is 0 Å². The molecule has 1 saturated heterocycles. The van der Waals surface area contributed by atoms with Crippen molar-refractivity contribution < 1.29 is 0 Å². The van der Waals surface area contributed by atoms with Crippen LogP contribution in [0.4, 0.5) is 11.8 Å². The summed E-state index contributed by atoms with van der Waals surface area (Å²) in [4.78, 5) is 16.1. The van der Waals surface area contributed by atoms with Gasteiger partial charge in [-0.1, -0.05) is 0 Å². The topological polar surface area (TPSA) is 53.3 Å². The molecule has 130 valence electrons. The second kappa shape index (κ2) is 7.17. The molecule has 0 unspecified atom stereocenters. The number of aryl methyl sites for hydroxylation is 2. The average Bonchev–Trinajstić information content (AvgIpc) is 2.98. The van der Waals surface area contributed by atoms with E-state index in [0.717, 1.165) is 56.7 Å². The van der Waals surface area contributed by atoms with Gasteiger partial charge < -0.3 is 9.80 Å². The van der Waals surface area contributed by atoms with Crippen LogP contribution in [-0.2, 0) is 6.54 Å². The molecule has 0 aliphatic carbocycles. The molecular formula is C17H27N7. The van der Waals surface area contributed by atoms with E-state index in [9.17, 15) is 0 Å². The highest BCUT2D eigenvalue weighted by Gasteiger charge is 2.19. The van der Waals surface area contributed by atoms with Crippen molar-refractivity contribution in [3.05, 3.63) is 29.7 Å². The predicted octanol–water partition coefficient (Wildman–Crippen LogP) is 1.18. The largest absolute Gasteiger partial charge is 0.363 e. The van der Waals surface area contributed by atoms with Crippen molar-refractivity contribution in [3.63, 3.8) is 0 Å². The van der Waals surface area contributed by atoms with E-state index in [1.807, 2.05) is 42.9 Å². The molecule has 0 aromatic carbocycles. The molecule has 0 saturated carbocycles. The fourth-order valence-electron chi connectivity index (χ4n) is 2.91. The van der Waals surface area contributed by atoms with Gasteiger partial charge in [-0.05, 0) is 19.4 Å². The van der Waals surface area contributed by atoms with Gasteiger partial charge in [0.15, 0.2) is 0 Å². The summed E-state index contributed by atoms with van der Waals surface area (Å²) in [6.45, 7) is 10.1. The molecular weight excluding hydrogens is 302 g/mol. The van der Waals surface area contributed by atoms with Gasteiger partial charge in [0, 0.05) is 64.8 Å². The third kappa shape index (κ3) is 4.03. The van der Waals surface area contributed by atoms with Gasteiger partial charge in [0.2, 0.25) is 5.95 Å². The number of hydrogen-bond donors (Lipinski definition) is 0. The van der Waals surface area contributed by atoms with Crippen molar-refractivity contribution in [1.29, 1.82) is 0 Å². The lowest BCUT2D eigenvalue weighted by Crippen LogP contribution is -2.47. The molecule has 3 heterocycles. The van der Waals surface area contributed by atoms with Crippen molar-refractivity contribution in [3.8, 4) is 0 Å². The Morgan fingerprint density at radius 1 is 1.04 bits per heavy atom. The first-order valence-corrected chi connectivity index (χ1v) is 8.50. The van der Waals surface area contributed by atoms with Crippen LogP contribution >= 0.6 is 0 Å². The predicted molar refractivity (Wildman–Crippen MR) is 96.7 cm³/mol. The number of nitrogens with zero attached hydrogens (tertiary/aromatic N) is 7. The summed E-state index contributed by atoms with van der Waals surface area (Å²) in [5, 5.41) is 4.35. The summed E-state index contributed by atoms with van der Waals surface area (Å²) in [6.07, 6.45) is 4.01. The van der Waals surface area contributed by atoms with E-state index in [0.29, 0.717) is 0 Å². The van der Waals surface area contributed by atoms with Crippen LogP contribution in [0.15, 0.2) is 18.5 Å². The molecule has 7 nitrogen and oxygen atoms in total. The fourth-order valence-corrected chi connectivity index (χ4v) is 2.91. The summed E-state index contributed by atoms with van der Waals surface area (Å²) in [5.41, 5.74) is 2.23. The van der Waals surface area contributed by atoms with E-state index >= 15 is 0 Å². The third-order valence-electron chi connectivity index (χ3n) is 4.35. The molecule has 1 fully saturated rings. The van der Waals surface area contributed by atoms with Crippen molar-refractivity contribution >= 4 is 11.8 Å². The number of aromatic nitrogens is 4. The van der Waals surface area contributed by atoms with Crippen LogP contribution in [0.5, 0.6) is 0 Å². The van der Waals surface area contributed by atoms with E-state index in [1.165, 1.54) is 5.56 Å². The SMILES string of the molecule is Cc1cnn(CCN2CCN(c3nc(C)cc(N(C)C)n3)CC2)c1. The van der Waals surface area contributed by atoms with Crippen molar-refractivity contribution in [2.24, 2.45) is 0 Å². The third-order valence-corrected chi connectivity index (χ3v) is 4.35. The number of rotatable bonds is 5. The van der Waals surface area contributed by atoms with E-state index in [1.54, 1.807) is 0 Å². The molecule has 0 spiro atoms. The zero-order valence-electron chi connectivity index (χ0n) is 15.1. The Morgan fingerprint density at radius 3 is 2.42 bits per heavy atom. The summed E-state index contributed by atoms with van der Waals surface area (Å²) < 4.78 is 2.02. The van der Waals surface area contributed by atoms with Crippen molar-refractivity contribution in [2.75, 3.05) is 56.6 Å². The van der Waals surface area contributed by atoms with Gasteiger partial charge in [-0.2, -0.15) is 10.1 Å². The lowest BCUT2D eigenvalue weighted by atomic mass is 10.3. The minimum absolute atomic E-state index is 0.848. The maximum absolute atomic E-state index is 4.69. The van der Waals surface area contributed by atoms with E-state index < -0.39 is 0 Å². The summed E-state index contributed by atoms with van der Waals surface area (Å²) >= 11 is 0. The van der Waals surface area contributed by atoms with Crippen molar-refractivity contribution in [1.82, 2.24) is 24.6 Å². The molecule has 0 radical (unpaired) electrons. The standard InChI is InChI=1S/C17H27N7/c1-14-12-18-24(13-14)10-7-22-5-8-23(9-6-22)17-19-15(2)11-16(20-17)21(3)4/h11-13H,5-10H2,1-4H3. The van der Waals surface area contributed by atoms with Crippen molar-refractivity contribution in [2.45, 2.75) is 20.4 Å². The maximum Gasteiger partial charge on any atom is 0.227 e. The maximum atomic E-state index is 4.69. The molecule has 0 N–H and O–H groups in total. The molecule has 2 aromatic heterocycles. The number of hydrogen-bond acceptors (Lipinski definition) is 6. The first-order chi connectivity index (χ1) is 11.5. The molecule has 7 heteroatoms. The quantitative estimate of drug-likeness (QED) is 0.821. The molecule has 24 heavy (non-hydrogen) atoms. The highest BCUT2D eigenvalue weighted by atomic mass is 15.3. The fraction of sp³-hybridized carbons (Fsp3) is 0.588. The Morgan fingerprint density at radius 2 is 1.79 bits per heavy atom. The van der Waals surface area contributed by atoms with E-state index in [-0.39, 0.29) is 0 Å². The monoisotopic (exact) mass is 329 g/mol. The minimum Gasteiger partial charge on any atom is -0.363 e. The van der Waals surface area contributed by atoms with Gasteiger partial charge in [0.05, 0.1) is 12.7 Å². The molecule has 1 aliphatic heterocycles. The summed E-state index contributed by atoms with van der Waals surface area (Å²) in [6, 6.07) is 2.02. The highest BCUT2D eigenvalue weighted by molar-refractivity contribution is 5.45. The van der Waals surface area contributed by atoms with Crippen LogP contribution in [-0.4, -0.2) is 71.5 Å². The van der Waals surface area contributed by atoms with Gasteiger partial charge >= 0.3 is 0 Å². The second-order valence-electron chi connectivity index (χ2n) is 6.67. The van der Waals surface area contributed by atoms with Gasteiger partial charge in [-0.3, -0.25) is 9.58 Å². The van der Waals surface area contributed by atoms with Crippen LogP contribution in [0.25, 0.3) is 0 Å². The number of anilines is 2. The van der Waals surface area contributed by atoms with Crippen LogP contribution in [0, 0.1) is 13.8 Å². The summed E-state index contributed by atoms with van der Waals surface area (Å²) in [5.74, 6) is 1.81. The molecule has 0 amide bonds. The summed E-state index contributed by atoms with van der Waals surface area (Å²) in [7, 11) is 4.03. The lowest BCUT2D eigenvalue weighted by molar-refractivity contribution is 0.243. The Labute approximate surface area is 143 Å². The second-order valence-corrected chi connectivity index (χ2v) is 6.67. The van der Waals surface area contributed by atoms with Crippen LogP contribution in [0.3, 0.4) is 0 Å². The van der Waals surface area contributed by atoms with Crippen LogP contribution in [0.2, 0.25) is 0 Å². The van der Waals surface area contributed by atoms with Gasteiger partial charge in [0.25, 0.3) is 0 Å². The Hall–Kier alpha value is -2.15. The van der Waals surface area contributed by atoms with E-state index in [2.05, 4.69) is 38.0 Å². The normalized spacial score (nSPS) is 15.8. The molecule has 2 aromatic rings. The Bertz CT molecular complexity index is 671. The molecule has 3 rings (SSSR count). The number of piperazine rings is 1. The zero-order valence-corrected chi connectivity index (χ0v) is 15.1. The smallest absolute Gasteiger partial charge is 0.227 e. The zero-order chi connectivity index (χ0) is 17.1. The molecule has 1 aliphatic rings.